The maximum Gasteiger partial charge on any atom is 0.231 e. The summed E-state index contributed by atoms with van der Waals surface area (Å²) in [7, 11) is 3.83. The second kappa shape index (κ2) is 7.12. The largest absolute Gasteiger partial charge is 0.507 e. The molecule has 29 heavy (non-hydrogen) atoms. The van der Waals surface area contributed by atoms with Gasteiger partial charge in [0.25, 0.3) is 0 Å². The molecule has 0 amide bonds. The molecule has 0 atom stereocenters. The second-order valence-electron chi connectivity index (χ2n) is 7.99. The van der Waals surface area contributed by atoms with Gasteiger partial charge in [-0.1, -0.05) is 19.9 Å². The first-order chi connectivity index (χ1) is 13.8. The number of aromatic hydroxyl groups is 1. The summed E-state index contributed by atoms with van der Waals surface area (Å²) in [5.41, 5.74) is 2.90. The summed E-state index contributed by atoms with van der Waals surface area (Å²) in [6, 6.07) is 7.20. The number of hydrogen-bond donors (Lipinski definition) is 1. The van der Waals surface area contributed by atoms with Crippen molar-refractivity contribution < 1.29 is 19.0 Å². The molecule has 0 saturated heterocycles. The lowest BCUT2D eigenvalue weighted by atomic mass is 9.94. The molecule has 0 aliphatic carbocycles. The molecule has 1 aliphatic rings. The third-order valence-electron chi connectivity index (χ3n) is 5.21. The van der Waals surface area contributed by atoms with E-state index in [9.17, 15) is 9.90 Å². The maximum atomic E-state index is 13.5. The van der Waals surface area contributed by atoms with Gasteiger partial charge in [-0.2, -0.15) is 0 Å². The summed E-state index contributed by atoms with van der Waals surface area (Å²) in [4.78, 5) is 15.5. The van der Waals surface area contributed by atoms with Crippen LogP contribution >= 0.6 is 0 Å². The van der Waals surface area contributed by atoms with Crippen molar-refractivity contribution in [1.82, 2.24) is 4.90 Å². The predicted octanol–water partition coefficient (Wildman–Crippen LogP) is 4.39. The second-order valence-corrected chi connectivity index (χ2v) is 7.99. The number of benzene rings is 2. The van der Waals surface area contributed by atoms with Crippen LogP contribution in [0.3, 0.4) is 0 Å². The minimum atomic E-state index is -0.121. The monoisotopic (exact) mass is 395 g/mol. The van der Waals surface area contributed by atoms with E-state index in [0.29, 0.717) is 45.9 Å². The van der Waals surface area contributed by atoms with E-state index in [4.69, 9.17) is 13.9 Å². The molecule has 0 fully saturated rings. The molecule has 4 rings (SSSR count). The smallest absolute Gasteiger partial charge is 0.231 e. The van der Waals surface area contributed by atoms with Crippen molar-refractivity contribution in [3.05, 3.63) is 51.4 Å². The van der Waals surface area contributed by atoms with Crippen LogP contribution in [0.4, 0.5) is 0 Å². The molecule has 6 nitrogen and oxygen atoms in total. The van der Waals surface area contributed by atoms with E-state index in [2.05, 4.69) is 0 Å². The van der Waals surface area contributed by atoms with E-state index >= 15 is 0 Å². The van der Waals surface area contributed by atoms with E-state index in [0.717, 1.165) is 11.1 Å². The van der Waals surface area contributed by atoms with Crippen molar-refractivity contribution in [1.29, 1.82) is 0 Å². The number of phenolic OH excluding ortho intramolecular Hbond substituents is 1. The molecule has 0 radical (unpaired) electrons. The van der Waals surface area contributed by atoms with Crippen LogP contribution < -0.4 is 14.9 Å². The predicted molar refractivity (Wildman–Crippen MR) is 112 cm³/mol. The molecule has 2 heterocycles. The lowest BCUT2D eigenvalue weighted by Crippen LogP contribution is -2.14. The van der Waals surface area contributed by atoms with Gasteiger partial charge in [0.1, 0.15) is 17.1 Å². The van der Waals surface area contributed by atoms with Crippen LogP contribution in [0.1, 0.15) is 36.7 Å². The number of rotatable bonds is 4. The van der Waals surface area contributed by atoms with Gasteiger partial charge in [0.2, 0.25) is 12.2 Å². The molecular weight excluding hydrogens is 370 g/mol. The van der Waals surface area contributed by atoms with Gasteiger partial charge in [0, 0.05) is 6.54 Å². The number of hydrogen-bond acceptors (Lipinski definition) is 6. The SMILES string of the molecule is Cc1oc2c(CN(C)C)c(O)c(C(C)C)cc2c(=O)c1-c1ccc2c(c1)OCO2. The van der Waals surface area contributed by atoms with Gasteiger partial charge in [0.15, 0.2) is 11.5 Å². The van der Waals surface area contributed by atoms with E-state index in [1.807, 2.05) is 38.9 Å². The number of phenols is 1. The van der Waals surface area contributed by atoms with E-state index in [1.54, 1.807) is 25.1 Å². The number of aryl methyl sites for hydroxylation is 1. The highest BCUT2D eigenvalue weighted by Gasteiger charge is 2.23. The van der Waals surface area contributed by atoms with Crippen LogP contribution in [0.25, 0.3) is 22.1 Å². The zero-order chi connectivity index (χ0) is 20.9. The Bertz CT molecular complexity index is 1160. The van der Waals surface area contributed by atoms with Gasteiger partial charge in [-0.05, 0) is 56.3 Å². The molecule has 1 aromatic heterocycles. The fourth-order valence-electron chi connectivity index (χ4n) is 3.81. The van der Waals surface area contributed by atoms with Gasteiger partial charge in [-0.3, -0.25) is 4.79 Å². The average Bonchev–Trinajstić information content (AvgIpc) is 3.11. The van der Waals surface area contributed by atoms with Crippen LogP contribution in [-0.4, -0.2) is 30.9 Å². The van der Waals surface area contributed by atoms with Crippen LogP contribution in [0.2, 0.25) is 0 Å². The molecule has 6 heteroatoms. The Kier molecular flexibility index (Phi) is 4.74. The Morgan fingerprint density at radius 1 is 1.14 bits per heavy atom. The van der Waals surface area contributed by atoms with Gasteiger partial charge < -0.3 is 23.9 Å². The molecule has 0 spiro atoms. The van der Waals surface area contributed by atoms with Gasteiger partial charge in [-0.15, -0.1) is 0 Å². The summed E-state index contributed by atoms with van der Waals surface area (Å²) in [6.45, 7) is 6.40. The summed E-state index contributed by atoms with van der Waals surface area (Å²) in [6.07, 6.45) is 0. The van der Waals surface area contributed by atoms with E-state index in [1.165, 1.54) is 0 Å². The summed E-state index contributed by atoms with van der Waals surface area (Å²) >= 11 is 0. The zero-order valence-corrected chi connectivity index (χ0v) is 17.3. The van der Waals surface area contributed by atoms with E-state index in [-0.39, 0.29) is 23.9 Å². The topological polar surface area (TPSA) is 72.1 Å². The van der Waals surface area contributed by atoms with E-state index < -0.39 is 0 Å². The van der Waals surface area contributed by atoms with Crippen LogP contribution in [-0.2, 0) is 6.54 Å². The highest BCUT2D eigenvalue weighted by Crippen LogP contribution is 2.39. The highest BCUT2D eigenvalue weighted by atomic mass is 16.7. The Morgan fingerprint density at radius 3 is 2.55 bits per heavy atom. The Morgan fingerprint density at radius 2 is 1.86 bits per heavy atom. The van der Waals surface area contributed by atoms with Crippen molar-refractivity contribution >= 4 is 11.0 Å². The number of ether oxygens (including phenoxy) is 2. The fourth-order valence-corrected chi connectivity index (χ4v) is 3.81. The third-order valence-corrected chi connectivity index (χ3v) is 5.21. The van der Waals surface area contributed by atoms with Gasteiger partial charge in [-0.25, -0.2) is 0 Å². The van der Waals surface area contributed by atoms with Crippen LogP contribution in [0.5, 0.6) is 17.2 Å². The lowest BCUT2D eigenvalue weighted by molar-refractivity contribution is 0.174. The van der Waals surface area contributed by atoms with Crippen molar-refractivity contribution in [2.24, 2.45) is 0 Å². The minimum Gasteiger partial charge on any atom is -0.507 e. The zero-order valence-electron chi connectivity index (χ0n) is 17.3. The molecule has 0 saturated carbocycles. The maximum absolute atomic E-state index is 13.5. The average molecular weight is 395 g/mol. The number of fused-ring (bicyclic) bond motifs is 2. The van der Waals surface area contributed by atoms with Crippen LogP contribution in [0, 0.1) is 6.92 Å². The molecule has 0 bridgehead atoms. The molecule has 152 valence electrons. The third kappa shape index (κ3) is 3.23. The summed E-state index contributed by atoms with van der Waals surface area (Å²) in [5.74, 6) is 2.03. The normalized spacial score (nSPS) is 13.1. The molecule has 0 unspecified atom stereocenters. The molecule has 2 aromatic carbocycles. The quantitative estimate of drug-likeness (QED) is 0.706. The van der Waals surface area contributed by atoms with Crippen LogP contribution in [0.15, 0.2) is 33.5 Å². The first kappa shape index (κ1) is 19.3. The number of nitrogens with zero attached hydrogens (tertiary/aromatic N) is 1. The Balaban J connectivity index is 2.02. The molecule has 3 aromatic rings. The van der Waals surface area contributed by atoms with Crippen molar-refractivity contribution in [3.8, 4) is 28.4 Å². The highest BCUT2D eigenvalue weighted by molar-refractivity contribution is 5.88. The van der Waals surface area contributed by atoms with Crippen molar-refractivity contribution in [3.63, 3.8) is 0 Å². The van der Waals surface area contributed by atoms with Gasteiger partial charge >= 0.3 is 0 Å². The minimum absolute atomic E-state index is 0.0648. The van der Waals surface area contributed by atoms with Crippen molar-refractivity contribution in [2.75, 3.05) is 20.9 Å². The standard InChI is InChI=1S/C23H25NO5/c1-12(2)15-9-16-22(26)20(14-6-7-18-19(8-14)28-11-27-18)13(3)29-23(16)17(21(15)25)10-24(4)5/h6-9,12,25H,10-11H2,1-5H3. The summed E-state index contributed by atoms with van der Waals surface area (Å²) in [5, 5.41) is 11.3. The van der Waals surface area contributed by atoms with Crippen molar-refractivity contribution in [2.45, 2.75) is 33.2 Å². The molecule has 1 N–H and O–H groups in total. The fraction of sp³-hybridized carbons (Fsp3) is 0.348. The Labute approximate surface area is 169 Å². The molecule has 1 aliphatic heterocycles. The first-order valence-corrected chi connectivity index (χ1v) is 9.64. The molecular formula is C23H25NO5. The first-order valence-electron chi connectivity index (χ1n) is 9.64. The lowest BCUT2D eigenvalue weighted by Gasteiger charge is -2.18. The van der Waals surface area contributed by atoms with Gasteiger partial charge in [0.05, 0.1) is 16.5 Å². The summed E-state index contributed by atoms with van der Waals surface area (Å²) < 4.78 is 17.0. The Hall–Kier alpha value is -2.99.